The van der Waals surface area contributed by atoms with E-state index in [1.54, 1.807) is 45.9 Å². The van der Waals surface area contributed by atoms with Crippen molar-refractivity contribution in [2.75, 3.05) is 30.0 Å². The summed E-state index contributed by atoms with van der Waals surface area (Å²) in [6.07, 6.45) is 2.04. The third-order valence-electron chi connectivity index (χ3n) is 6.64. The highest BCUT2D eigenvalue weighted by molar-refractivity contribution is 7.92. The lowest BCUT2D eigenvalue weighted by Gasteiger charge is -2.35. The molecule has 4 rings (SSSR count). The maximum Gasteiger partial charge on any atom is 0.319 e. The fourth-order valence-electron chi connectivity index (χ4n) is 4.10. The van der Waals surface area contributed by atoms with Gasteiger partial charge in [-0.3, -0.25) is 0 Å². The first kappa shape index (κ1) is 25.4. The Morgan fingerprint density at radius 3 is 2.46 bits per heavy atom. The molecule has 9 nitrogen and oxygen atoms in total. The molecular weight excluding hydrogens is 466 g/mol. The Morgan fingerprint density at radius 2 is 1.86 bits per heavy atom. The average Bonchev–Trinajstić information content (AvgIpc) is 3.63. The Bertz CT molecular complexity index is 1180. The molecule has 2 fully saturated rings. The number of rotatable bonds is 7. The number of hydrogen-bond acceptors (Lipinski definition) is 7. The van der Waals surface area contributed by atoms with E-state index in [0.717, 1.165) is 18.4 Å². The number of urea groups is 1. The van der Waals surface area contributed by atoms with Gasteiger partial charge in [-0.1, -0.05) is 0 Å². The van der Waals surface area contributed by atoms with Crippen LogP contribution in [-0.4, -0.2) is 61.5 Å². The Labute approximate surface area is 207 Å². The molecule has 1 aromatic heterocycles. The summed E-state index contributed by atoms with van der Waals surface area (Å²) < 4.78 is 30.9. The van der Waals surface area contributed by atoms with Gasteiger partial charge in [0.1, 0.15) is 10.6 Å². The molecule has 2 aliphatic rings. The van der Waals surface area contributed by atoms with Gasteiger partial charge in [0.15, 0.2) is 15.7 Å². The standard InChI is InChI=1S/C25H35N5O4S/c1-16(2)35(32,33)25(4,5)21-14-22(30-12-13-34-15-17(30)3)29-23(28-21)18-6-8-19(9-7-18)26-24(31)27-20-10-11-20/h6-9,14,16-17,20H,10-13,15H2,1-5H3,(H2,26,27,31)/t17-/m0/s1. The summed E-state index contributed by atoms with van der Waals surface area (Å²) >= 11 is 0. The predicted octanol–water partition coefficient (Wildman–Crippen LogP) is 3.71. The van der Waals surface area contributed by atoms with Crippen molar-refractivity contribution in [3.63, 3.8) is 0 Å². The second-order valence-corrected chi connectivity index (χ2v) is 13.2. The molecule has 10 heteroatoms. The van der Waals surface area contributed by atoms with E-state index < -0.39 is 19.8 Å². The largest absolute Gasteiger partial charge is 0.377 e. The van der Waals surface area contributed by atoms with Crippen LogP contribution >= 0.6 is 0 Å². The minimum atomic E-state index is -3.50. The number of aromatic nitrogens is 2. The molecule has 2 heterocycles. The second-order valence-electron chi connectivity index (χ2n) is 10.1. The second kappa shape index (κ2) is 9.73. The molecule has 0 spiro atoms. The van der Waals surface area contributed by atoms with Crippen LogP contribution in [0.3, 0.4) is 0 Å². The fourth-order valence-corrected chi connectivity index (χ4v) is 5.68. The van der Waals surface area contributed by atoms with Crippen LogP contribution in [0, 0.1) is 0 Å². The highest BCUT2D eigenvalue weighted by Crippen LogP contribution is 2.35. The van der Waals surface area contributed by atoms with E-state index in [9.17, 15) is 13.2 Å². The lowest BCUT2D eigenvalue weighted by atomic mass is 10.1. The SMILES string of the molecule is CC(C)S(=O)(=O)C(C)(C)c1cc(N2CCOC[C@@H]2C)nc(-c2ccc(NC(=O)NC3CC3)cc2)n1. The third kappa shape index (κ3) is 5.43. The van der Waals surface area contributed by atoms with E-state index in [0.29, 0.717) is 42.8 Å². The number of nitrogens with zero attached hydrogens (tertiary/aromatic N) is 3. The van der Waals surface area contributed by atoms with Crippen molar-refractivity contribution in [1.82, 2.24) is 15.3 Å². The normalized spacial score (nSPS) is 19.0. The summed E-state index contributed by atoms with van der Waals surface area (Å²) in [6.45, 7) is 10.7. The van der Waals surface area contributed by atoms with Gasteiger partial charge in [-0.05, 0) is 71.7 Å². The lowest BCUT2D eigenvalue weighted by molar-refractivity contribution is 0.0985. The van der Waals surface area contributed by atoms with Crippen LogP contribution in [0.4, 0.5) is 16.3 Å². The Kier molecular flexibility index (Phi) is 7.06. The number of amides is 2. The van der Waals surface area contributed by atoms with Crippen LogP contribution in [0.2, 0.25) is 0 Å². The smallest absolute Gasteiger partial charge is 0.319 e. The van der Waals surface area contributed by atoms with Crippen molar-refractivity contribution in [3.8, 4) is 11.4 Å². The van der Waals surface area contributed by atoms with Crippen LogP contribution in [0.5, 0.6) is 0 Å². The van der Waals surface area contributed by atoms with Crippen LogP contribution in [0.1, 0.15) is 53.2 Å². The first-order chi connectivity index (χ1) is 16.5. The van der Waals surface area contributed by atoms with Crippen molar-refractivity contribution < 1.29 is 17.9 Å². The van der Waals surface area contributed by atoms with E-state index in [2.05, 4.69) is 22.5 Å². The highest BCUT2D eigenvalue weighted by atomic mass is 32.2. The molecule has 1 aliphatic heterocycles. The molecular formula is C25H35N5O4S. The minimum absolute atomic E-state index is 0.0979. The number of hydrogen-bond donors (Lipinski definition) is 2. The van der Waals surface area contributed by atoms with Gasteiger partial charge in [0.05, 0.1) is 30.2 Å². The quantitative estimate of drug-likeness (QED) is 0.594. The number of nitrogens with one attached hydrogen (secondary N) is 2. The first-order valence-corrected chi connectivity index (χ1v) is 13.7. The van der Waals surface area contributed by atoms with Gasteiger partial charge in [0.2, 0.25) is 0 Å². The highest BCUT2D eigenvalue weighted by Gasteiger charge is 2.40. The van der Waals surface area contributed by atoms with E-state index >= 15 is 0 Å². The maximum absolute atomic E-state index is 13.2. The molecule has 190 valence electrons. The Morgan fingerprint density at radius 1 is 1.17 bits per heavy atom. The Balaban J connectivity index is 1.71. The van der Waals surface area contributed by atoms with Crippen LogP contribution < -0.4 is 15.5 Å². The summed E-state index contributed by atoms with van der Waals surface area (Å²) in [7, 11) is -3.50. The van der Waals surface area contributed by atoms with E-state index in [1.165, 1.54) is 0 Å². The van der Waals surface area contributed by atoms with Gasteiger partial charge in [-0.2, -0.15) is 0 Å². The summed E-state index contributed by atoms with van der Waals surface area (Å²) in [4.78, 5) is 23.7. The molecule has 0 bridgehead atoms. The fraction of sp³-hybridized carbons (Fsp3) is 0.560. The lowest BCUT2D eigenvalue weighted by Crippen LogP contribution is -2.44. The number of carbonyl (C=O) groups excluding carboxylic acids is 1. The molecule has 0 radical (unpaired) electrons. The Hall–Kier alpha value is -2.72. The van der Waals surface area contributed by atoms with Crippen molar-refractivity contribution >= 4 is 27.4 Å². The van der Waals surface area contributed by atoms with Crippen molar-refractivity contribution in [1.29, 1.82) is 0 Å². The van der Waals surface area contributed by atoms with Gasteiger partial charge in [-0.15, -0.1) is 0 Å². The molecule has 1 saturated heterocycles. The summed E-state index contributed by atoms with van der Waals surface area (Å²) in [5.74, 6) is 1.12. The summed E-state index contributed by atoms with van der Waals surface area (Å²) in [5.41, 5.74) is 1.85. The molecule has 1 aromatic carbocycles. The number of ether oxygens (including phenoxy) is 1. The molecule has 1 atom stereocenters. The monoisotopic (exact) mass is 501 g/mol. The van der Waals surface area contributed by atoms with Crippen LogP contribution in [-0.2, 0) is 19.3 Å². The molecule has 1 aliphatic carbocycles. The van der Waals surface area contributed by atoms with Gasteiger partial charge < -0.3 is 20.3 Å². The van der Waals surface area contributed by atoms with Gasteiger partial charge in [0.25, 0.3) is 0 Å². The zero-order chi connectivity index (χ0) is 25.4. The van der Waals surface area contributed by atoms with Gasteiger partial charge in [-0.25, -0.2) is 23.2 Å². The number of sulfone groups is 1. The van der Waals surface area contributed by atoms with Crippen molar-refractivity contribution in [2.24, 2.45) is 0 Å². The molecule has 2 aromatic rings. The van der Waals surface area contributed by atoms with E-state index in [-0.39, 0.29) is 18.1 Å². The van der Waals surface area contributed by atoms with Crippen molar-refractivity contribution in [2.45, 2.75) is 69.5 Å². The first-order valence-electron chi connectivity index (χ1n) is 12.1. The average molecular weight is 502 g/mol. The van der Waals surface area contributed by atoms with Gasteiger partial charge >= 0.3 is 6.03 Å². The molecule has 2 N–H and O–H groups in total. The molecule has 35 heavy (non-hydrogen) atoms. The summed E-state index contributed by atoms with van der Waals surface area (Å²) in [5, 5.41) is 5.19. The van der Waals surface area contributed by atoms with E-state index in [4.69, 9.17) is 14.7 Å². The predicted molar refractivity (Wildman–Crippen MR) is 137 cm³/mol. The number of benzene rings is 1. The molecule has 1 saturated carbocycles. The van der Waals surface area contributed by atoms with Crippen molar-refractivity contribution in [3.05, 3.63) is 36.0 Å². The molecule has 2 amide bonds. The zero-order valence-electron chi connectivity index (χ0n) is 21.0. The summed E-state index contributed by atoms with van der Waals surface area (Å²) in [6, 6.07) is 9.21. The van der Waals surface area contributed by atoms with Gasteiger partial charge in [0, 0.05) is 29.9 Å². The maximum atomic E-state index is 13.2. The number of morpholine rings is 1. The zero-order valence-corrected chi connectivity index (χ0v) is 21.9. The molecule has 0 unspecified atom stereocenters. The van der Waals surface area contributed by atoms with Crippen LogP contribution in [0.25, 0.3) is 11.4 Å². The number of carbonyl (C=O) groups is 1. The van der Waals surface area contributed by atoms with E-state index in [1.807, 2.05) is 12.1 Å². The van der Waals surface area contributed by atoms with Crippen LogP contribution in [0.15, 0.2) is 30.3 Å². The minimum Gasteiger partial charge on any atom is -0.377 e. The topological polar surface area (TPSA) is 114 Å². The number of anilines is 2. The third-order valence-corrected chi connectivity index (χ3v) is 9.51.